The molecule has 7 heteroatoms. The molecule has 0 bridgehead atoms. The average molecular weight is 221 g/mol. The molecule has 2 N–H and O–H groups in total. The van der Waals surface area contributed by atoms with Gasteiger partial charge in [-0.25, -0.2) is 4.98 Å². The van der Waals surface area contributed by atoms with Crippen molar-refractivity contribution >= 4 is 5.82 Å². The average Bonchev–Trinajstić information content (AvgIpc) is 2.79. The van der Waals surface area contributed by atoms with Crippen molar-refractivity contribution in [1.82, 2.24) is 9.55 Å². The van der Waals surface area contributed by atoms with Crippen LogP contribution in [0.25, 0.3) is 0 Å². The second kappa shape index (κ2) is 3.13. The van der Waals surface area contributed by atoms with Crippen molar-refractivity contribution in [2.75, 3.05) is 12.3 Å². The number of alkyl halides is 3. The zero-order chi connectivity index (χ0) is 11.1. The van der Waals surface area contributed by atoms with E-state index in [9.17, 15) is 13.2 Å². The Bertz CT molecular complexity index is 356. The summed E-state index contributed by atoms with van der Waals surface area (Å²) in [4.78, 5) is 3.77. The molecule has 0 saturated heterocycles. The lowest BCUT2D eigenvalue weighted by atomic mass is 10.3. The molecule has 0 aliphatic heterocycles. The molecule has 0 atom stereocenters. The Labute approximate surface area is 83.8 Å². The van der Waals surface area contributed by atoms with E-state index in [0.29, 0.717) is 18.7 Å². The van der Waals surface area contributed by atoms with Crippen LogP contribution >= 0.6 is 0 Å². The maximum absolute atomic E-state index is 11.9. The second-order valence-electron chi connectivity index (χ2n) is 3.65. The SMILES string of the molecule is Nc1cncn1C1(COC(F)(F)F)CC1. The molecule has 4 nitrogen and oxygen atoms in total. The van der Waals surface area contributed by atoms with Gasteiger partial charge in [-0.05, 0) is 12.8 Å². The van der Waals surface area contributed by atoms with Gasteiger partial charge >= 0.3 is 6.36 Å². The lowest BCUT2D eigenvalue weighted by molar-refractivity contribution is -0.328. The predicted molar refractivity (Wildman–Crippen MR) is 45.9 cm³/mol. The Morgan fingerprint density at radius 1 is 1.53 bits per heavy atom. The summed E-state index contributed by atoms with van der Waals surface area (Å²) in [5.74, 6) is 0.360. The van der Waals surface area contributed by atoms with Gasteiger partial charge in [-0.15, -0.1) is 13.2 Å². The zero-order valence-electron chi connectivity index (χ0n) is 7.79. The number of rotatable bonds is 3. The number of nitrogens with zero attached hydrogens (tertiary/aromatic N) is 2. The van der Waals surface area contributed by atoms with E-state index < -0.39 is 18.5 Å². The first-order valence-electron chi connectivity index (χ1n) is 4.42. The highest BCUT2D eigenvalue weighted by Crippen LogP contribution is 2.45. The van der Waals surface area contributed by atoms with E-state index in [1.807, 2.05) is 0 Å². The van der Waals surface area contributed by atoms with E-state index in [-0.39, 0.29) is 0 Å². The maximum atomic E-state index is 11.9. The molecule has 2 rings (SSSR count). The summed E-state index contributed by atoms with van der Waals surface area (Å²) in [5.41, 5.74) is 4.93. The van der Waals surface area contributed by atoms with Gasteiger partial charge < -0.3 is 10.3 Å². The first-order valence-corrected chi connectivity index (χ1v) is 4.42. The number of ether oxygens (including phenoxy) is 1. The van der Waals surface area contributed by atoms with Gasteiger partial charge in [-0.3, -0.25) is 4.74 Å². The molecule has 84 valence electrons. The van der Waals surface area contributed by atoms with Gasteiger partial charge in [0, 0.05) is 0 Å². The van der Waals surface area contributed by atoms with Crippen molar-refractivity contribution in [3.63, 3.8) is 0 Å². The van der Waals surface area contributed by atoms with Crippen molar-refractivity contribution in [2.45, 2.75) is 24.7 Å². The molecule has 0 unspecified atom stereocenters. The highest BCUT2D eigenvalue weighted by molar-refractivity contribution is 5.29. The minimum absolute atomic E-state index is 0.360. The Balaban J connectivity index is 2.06. The van der Waals surface area contributed by atoms with Crippen LogP contribution in [0.3, 0.4) is 0 Å². The maximum Gasteiger partial charge on any atom is 0.522 e. The number of nitrogen functional groups attached to an aromatic ring is 1. The number of hydrogen-bond donors (Lipinski definition) is 1. The fourth-order valence-corrected chi connectivity index (χ4v) is 1.52. The van der Waals surface area contributed by atoms with Gasteiger partial charge in [-0.2, -0.15) is 0 Å². The summed E-state index contributed by atoms with van der Waals surface area (Å²) in [6, 6.07) is 0. The summed E-state index contributed by atoms with van der Waals surface area (Å²) < 4.78 is 41.0. The summed E-state index contributed by atoms with van der Waals surface area (Å²) in [6.07, 6.45) is -0.492. The van der Waals surface area contributed by atoms with E-state index in [0.717, 1.165) is 0 Å². The predicted octanol–water partition coefficient (Wildman–Crippen LogP) is 1.49. The van der Waals surface area contributed by atoms with Crippen molar-refractivity contribution in [3.8, 4) is 0 Å². The molecular formula is C8H10F3N3O. The second-order valence-corrected chi connectivity index (χ2v) is 3.65. The largest absolute Gasteiger partial charge is 0.522 e. The number of hydrogen-bond acceptors (Lipinski definition) is 3. The van der Waals surface area contributed by atoms with Crippen LogP contribution in [0.4, 0.5) is 19.0 Å². The van der Waals surface area contributed by atoms with Crippen LogP contribution in [0, 0.1) is 0 Å². The molecular weight excluding hydrogens is 211 g/mol. The lowest BCUT2D eigenvalue weighted by Crippen LogP contribution is -2.28. The van der Waals surface area contributed by atoms with Crippen molar-refractivity contribution < 1.29 is 17.9 Å². The number of halogens is 3. The molecule has 1 aliphatic rings. The van der Waals surface area contributed by atoms with Crippen LogP contribution in [0.2, 0.25) is 0 Å². The fourth-order valence-electron chi connectivity index (χ4n) is 1.52. The van der Waals surface area contributed by atoms with Crippen LogP contribution in [-0.4, -0.2) is 22.5 Å². The van der Waals surface area contributed by atoms with Gasteiger partial charge in [0.05, 0.1) is 24.7 Å². The van der Waals surface area contributed by atoms with E-state index >= 15 is 0 Å². The molecule has 1 saturated carbocycles. The summed E-state index contributed by atoms with van der Waals surface area (Å²) >= 11 is 0. The first-order chi connectivity index (χ1) is 6.93. The number of anilines is 1. The minimum Gasteiger partial charge on any atom is -0.384 e. The van der Waals surface area contributed by atoms with E-state index in [2.05, 4.69) is 9.72 Å². The highest BCUT2D eigenvalue weighted by atomic mass is 19.4. The molecule has 0 spiro atoms. The lowest BCUT2D eigenvalue weighted by Gasteiger charge is -2.19. The van der Waals surface area contributed by atoms with E-state index in [1.54, 1.807) is 4.57 Å². The Kier molecular flexibility index (Phi) is 2.14. The topological polar surface area (TPSA) is 53.1 Å². The molecule has 1 aromatic heterocycles. The third-order valence-electron chi connectivity index (χ3n) is 2.51. The van der Waals surface area contributed by atoms with Crippen LogP contribution in [0.5, 0.6) is 0 Å². The van der Waals surface area contributed by atoms with Gasteiger partial charge in [-0.1, -0.05) is 0 Å². The molecule has 0 aromatic carbocycles. The highest BCUT2D eigenvalue weighted by Gasteiger charge is 2.48. The van der Waals surface area contributed by atoms with Crippen LogP contribution in [-0.2, 0) is 10.3 Å². The monoisotopic (exact) mass is 221 g/mol. The summed E-state index contributed by atoms with van der Waals surface area (Å²) in [6.45, 7) is -0.406. The number of imidazole rings is 1. The Hall–Kier alpha value is -1.24. The van der Waals surface area contributed by atoms with Gasteiger partial charge in [0.25, 0.3) is 0 Å². The van der Waals surface area contributed by atoms with Gasteiger partial charge in [0.15, 0.2) is 0 Å². The van der Waals surface area contributed by atoms with E-state index in [4.69, 9.17) is 5.73 Å². The summed E-state index contributed by atoms with van der Waals surface area (Å²) in [7, 11) is 0. The molecule has 1 heterocycles. The first kappa shape index (κ1) is 10.3. The Morgan fingerprint density at radius 3 is 2.60 bits per heavy atom. The third kappa shape index (κ3) is 2.06. The molecule has 1 fully saturated rings. The van der Waals surface area contributed by atoms with Gasteiger partial charge in [0.2, 0.25) is 0 Å². The fraction of sp³-hybridized carbons (Fsp3) is 0.625. The molecule has 0 amide bonds. The molecule has 0 radical (unpaired) electrons. The summed E-state index contributed by atoms with van der Waals surface area (Å²) in [5, 5.41) is 0. The Morgan fingerprint density at radius 2 is 2.20 bits per heavy atom. The zero-order valence-corrected chi connectivity index (χ0v) is 7.79. The number of nitrogens with two attached hydrogens (primary N) is 1. The molecule has 15 heavy (non-hydrogen) atoms. The standard InChI is InChI=1S/C8H10F3N3O/c9-8(10,11)15-4-7(1-2-7)14-5-13-3-6(14)12/h3,5H,1-2,4,12H2. The van der Waals surface area contributed by atoms with Crippen molar-refractivity contribution in [2.24, 2.45) is 0 Å². The van der Waals surface area contributed by atoms with Crippen LogP contribution < -0.4 is 5.73 Å². The van der Waals surface area contributed by atoms with Gasteiger partial charge in [0.1, 0.15) is 5.82 Å². The smallest absolute Gasteiger partial charge is 0.384 e. The number of aromatic nitrogens is 2. The molecule has 1 aromatic rings. The molecule has 1 aliphatic carbocycles. The third-order valence-corrected chi connectivity index (χ3v) is 2.51. The minimum atomic E-state index is -4.59. The van der Waals surface area contributed by atoms with Crippen LogP contribution in [0.15, 0.2) is 12.5 Å². The normalized spacial score (nSPS) is 19.1. The van der Waals surface area contributed by atoms with Crippen LogP contribution in [0.1, 0.15) is 12.8 Å². The van der Waals surface area contributed by atoms with E-state index in [1.165, 1.54) is 12.5 Å². The quantitative estimate of drug-likeness (QED) is 0.841. The van der Waals surface area contributed by atoms with Crippen molar-refractivity contribution in [3.05, 3.63) is 12.5 Å². The van der Waals surface area contributed by atoms with Crippen molar-refractivity contribution in [1.29, 1.82) is 0 Å².